The van der Waals surface area contributed by atoms with Crippen molar-refractivity contribution >= 4 is 9.84 Å². The van der Waals surface area contributed by atoms with E-state index >= 15 is 0 Å². The van der Waals surface area contributed by atoms with Crippen molar-refractivity contribution in [2.75, 3.05) is 12.8 Å². The summed E-state index contributed by atoms with van der Waals surface area (Å²) in [5.74, 6) is 1.35. The highest BCUT2D eigenvalue weighted by Gasteiger charge is 2.36. The molecule has 4 heteroatoms. The lowest BCUT2D eigenvalue weighted by molar-refractivity contribution is 0.209. The second kappa shape index (κ2) is 7.26. The molecule has 1 N–H and O–H groups in total. The lowest BCUT2D eigenvalue weighted by Gasteiger charge is -2.37. The van der Waals surface area contributed by atoms with Gasteiger partial charge in [0.15, 0.2) is 0 Å². The molecule has 0 saturated heterocycles. The van der Waals surface area contributed by atoms with Crippen LogP contribution in [-0.2, 0) is 9.84 Å². The van der Waals surface area contributed by atoms with Crippen molar-refractivity contribution in [1.29, 1.82) is 0 Å². The lowest BCUT2D eigenvalue weighted by Crippen LogP contribution is -2.45. The molecule has 0 aromatic rings. The Morgan fingerprint density at radius 3 is 2.30 bits per heavy atom. The van der Waals surface area contributed by atoms with Gasteiger partial charge in [0.05, 0.1) is 5.25 Å². The van der Waals surface area contributed by atoms with E-state index in [0.29, 0.717) is 12.0 Å². The van der Waals surface area contributed by atoms with E-state index in [9.17, 15) is 8.42 Å². The summed E-state index contributed by atoms with van der Waals surface area (Å²) in [6, 6.07) is 0.557. The first-order valence-corrected chi connectivity index (χ1v) is 10.4. The average Bonchev–Trinajstić information content (AvgIpc) is 2.92. The van der Waals surface area contributed by atoms with Gasteiger partial charge < -0.3 is 5.32 Å². The van der Waals surface area contributed by atoms with Crippen LogP contribution < -0.4 is 5.32 Å². The van der Waals surface area contributed by atoms with Crippen LogP contribution in [0.3, 0.4) is 0 Å². The highest BCUT2D eigenvalue weighted by atomic mass is 32.2. The second-order valence-electron chi connectivity index (χ2n) is 6.90. The summed E-state index contributed by atoms with van der Waals surface area (Å²) in [5.41, 5.74) is 0. The zero-order valence-corrected chi connectivity index (χ0v) is 13.9. The Hall–Kier alpha value is -0.0900. The van der Waals surface area contributed by atoms with Crippen molar-refractivity contribution in [1.82, 2.24) is 5.32 Å². The zero-order valence-electron chi connectivity index (χ0n) is 13.1. The zero-order chi connectivity index (χ0) is 14.6. The molecule has 0 amide bonds. The van der Waals surface area contributed by atoms with Crippen LogP contribution in [-0.4, -0.2) is 32.5 Å². The maximum absolute atomic E-state index is 11.9. The topological polar surface area (TPSA) is 46.2 Å². The van der Waals surface area contributed by atoms with Gasteiger partial charge >= 0.3 is 0 Å². The van der Waals surface area contributed by atoms with Gasteiger partial charge in [-0.05, 0) is 56.9 Å². The molecular weight excluding hydrogens is 270 g/mol. The molecule has 2 aliphatic carbocycles. The van der Waals surface area contributed by atoms with Crippen LogP contribution >= 0.6 is 0 Å². The molecule has 0 radical (unpaired) electrons. The van der Waals surface area contributed by atoms with Crippen LogP contribution in [0.1, 0.15) is 64.7 Å². The van der Waals surface area contributed by atoms with Crippen LogP contribution in [0.5, 0.6) is 0 Å². The van der Waals surface area contributed by atoms with Crippen LogP contribution in [0.4, 0.5) is 0 Å². The maximum Gasteiger partial charge on any atom is 0.150 e. The van der Waals surface area contributed by atoms with Gasteiger partial charge in [-0.2, -0.15) is 0 Å². The van der Waals surface area contributed by atoms with Crippen LogP contribution in [0.15, 0.2) is 0 Å². The van der Waals surface area contributed by atoms with Crippen molar-refractivity contribution in [3.8, 4) is 0 Å². The summed E-state index contributed by atoms with van der Waals surface area (Å²) in [7, 11) is -2.86. The molecule has 118 valence electrons. The molecule has 0 aromatic carbocycles. The van der Waals surface area contributed by atoms with E-state index in [4.69, 9.17) is 0 Å². The first-order chi connectivity index (χ1) is 9.52. The van der Waals surface area contributed by atoms with E-state index < -0.39 is 9.84 Å². The van der Waals surface area contributed by atoms with E-state index in [2.05, 4.69) is 12.2 Å². The number of hydrogen-bond acceptors (Lipinski definition) is 3. The summed E-state index contributed by atoms with van der Waals surface area (Å²) in [6.07, 6.45) is 12.0. The molecule has 2 saturated carbocycles. The Bertz CT molecular complexity index is 387. The molecule has 0 heterocycles. The van der Waals surface area contributed by atoms with E-state index in [1.165, 1.54) is 38.4 Å². The van der Waals surface area contributed by atoms with Crippen molar-refractivity contribution in [3.63, 3.8) is 0 Å². The fourth-order valence-electron chi connectivity index (χ4n) is 4.24. The SMILES string of the molecule is CCCNC(C1CCCC1)C1CCCC(S(C)(=O)=O)C1. The van der Waals surface area contributed by atoms with Gasteiger partial charge in [-0.3, -0.25) is 0 Å². The van der Waals surface area contributed by atoms with Gasteiger partial charge in [-0.15, -0.1) is 0 Å². The van der Waals surface area contributed by atoms with E-state index in [-0.39, 0.29) is 5.25 Å². The third-order valence-corrected chi connectivity index (χ3v) is 6.96. The fourth-order valence-corrected chi connectivity index (χ4v) is 5.43. The molecule has 2 rings (SSSR count). The summed E-state index contributed by atoms with van der Waals surface area (Å²) < 4.78 is 23.7. The quantitative estimate of drug-likeness (QED) is 0.820. The van der Waals surface area contributed by atoms with Gasteiger partial charge in [-0.25, -0.2) is 8.42 Å². The standard InChI is InChI=1S/C16H31NO2S/c1-3-11-17-16(13-7-4-5-8-13)14-9-6-10-15(12-14)20(2,18)19/h13-17H,3-12H2,1-2H3. The molecule has 3 nitrogen and oxygen atoms in total. The first-order valence-electron chi connectivity index (χ1n) is 8.44. The summed E-state index contributed by atoms with van der Waals surface area (Å²) >= 11 is 0. The van der Waals surface area contributed by atoms with Crippen molar-refractivity contribution in [3.05, 3.63) is 0 Å². The van der Waals surface area contributed by atoms with Gasteiger partial charge in [0.2, 0.25) is 0 Å². The molecule has 3 unspecified atom stereocenters. The third-order valence-electron chi connectivity index (χ3n) is 5.32. The van der Waals surface area contributed by atoms with Crippen molar-refractivity contribution < 1.29 is 8.42 Å². The first kappa shape index (κ1) is 16.3. The van der Waals surface area contributed by atoms with Crippen molar-refractivity contribution in [2.45, 2.75) is 76.0 Å². The molecule has 2 fully saturated rings. The molecule has 0 aliphatic heterocycles. The normalized spacial score (nSPS) is 30.5. The maximum atomic E-state index is 11.9. The Labute approximate surface area is 124 Å². The number of rotatable bonds is 6. The lowest BCUT2D eigenvalue weighted by atomic mass is 9.78. The van der Waals surface area contributed by atoms with E-state index in [1.54, 1.807) is 0 Å². The average molecular weight is 301 g/mol. The molecule has 0 spiro atoms. The van der Waals surface area contributed by atoms with Crippen LogP contribution in [0, 0.1) is 11.8 Å². The largest absolute Gasteiger partial charge is 0.313 e. The van der Waals surface area contributed by atoms with Crippen LogP contribution in [0.2, 0.25) is 0 Å². The molecule has 3 atom stereocenters. The van der Waals surface area contributed by atoms with Gasteiger partial charge in [0, 0.05) is 12.3 Å². The van der Waals surface area contributed by atoms with Gasteiger partial charge in [-0.1, -0.05) is 26.2 Å². The van der Waals surface area contributed by atoms with Gasteiger partial charge in [0.25, 0.3) is 0 Å². The number of nitrogens with one attached hydrogen (secondary N) is 1. The van der Waals surface area contributed by atoms with E-state index in [0.717, 1.165) is 38.1 Å². The summed E-state index contributed by atoms with van der Waals surface area (Å²) in [4.78, 5) is 0. The second-order valence-corrected chi connectivity index (χ2v) is 9.23. The molecule has 0 bridgehead atoms. The fraction of sp³-hybridized carbons (Fsp3) is 1.00. The summed E-state index contributed by atoms with van der Waals surface area (Å²) in [6.45, 7) is 3.28. The molecule has 2 aliphatic rings. The molecular formula is C16H31NO2S. The Kier molecular flexibility index (Phi) is 5.91. The Morgan fingerprint density at radius 2 is 1.70 bits per heavy atom. The smallest absolute Gasteiger partial charge is 0.150 e. The predicted molar refractivity (Wildman–Crippen MR) is 84.6 cm³/mol. The minimum absolute atomic E-state index is 0.0893. The third kappa shape index (κ3) is 4.20. The highest BCUT2D eigenvalue weighted by molar-refractivity contribution is 7.91. The van der Waals surface area contributed by atoms with Crippen molar-refractivity contribution in [2.24, 2.45) is 11.8 Å². The summed E-state index contributed by atoms with van der Waals surface area (Å²) in [5, 5.41) is 3.67. The van der Waals surface area contributed by atoms with Gasteiger partial charge in [0.1, 0.15) is 9.84 Å². The van der Waals surface area contributed by atoms with E-state index in [1.807, 2.05) is 0 Å². The van der Waals surface area contributed by atoms with Crippen LogP contribution in [0.25, 0.3) is 0 Å². The number of sulfone groups is 1. The number of hydrogen-bond donors (Lipinski definition) is 1. The minimum atomic E-state index is -2.86. The Morgan fingerprint density at radius 1 is 1.05 bits per heavy atom. The predicted octanol–water partition coefficient (Wildman–Crippen LogP) is 3.15. The molecule has 0 aromatic heterocycles. The Balaban J connectivity index is 2.03. The highest BCUT2D eigenvalue weighted by Crippen LogP contribution is 2.38. The minimum Gasteiger partial charge on any atom is -0.313 e. The molecule has 20 heavy (non-hydrogen) atoms. The monoisotopic (exact) mass is 301 g/mol.